The Kier molecular flexibility index (Phi) is 3.80. The topological polar surface area (TPSA) is 87.0 Å². The maximum atomic E-state index is 13.3. The summed E-state index contributed by atoms with van der Waals surface area (Å²) >= 11 is 0. The van der Waals surface area contributed by atoms with Gasteiger partial charge in [-0.05, 0) is 38.1 Å². The van der Waals surface area contributed by atoms with E-state index in [0.29, 0.717) is 29.9 Å². The number of nitrogens with one attached hydrogen (secondary N) is 1. The van der Waals surface area contributed by atoms with E-state index in [-0.39, 0.29) is 24.3 Å². The summed E-state index contributed by atoms with van der Waals surface area (Å²) in [6, 6.07) is 6.19. The Balaban J connectivity index is 1.55. The number of hydrogen-bond donors (Lipinski definition) is 2. The van der Waals surface area contributed by atoms with E-state index in [9.17, 15) is 14.3 Å². The van der Waals surface area contributed by atoms with Crippen molar-refractivity contribution >= 4 is 16.8 Å². The number of nitrogens with zero attached hydrogens (tertiary/aromatic N) is 4. The highest BCUT2D eigenvalue weighted by atomic mass is 19.1. The number of aliphatic hydroxyl groups is 1. The van der Waals surface area contributed by atoms with Gasteiger partial charge in [0, 0.05) is 29.9 Å². The predicted octanol–water partition coefficient (Wildman–Crippen LogP) is 2.21. The lowest BCUT2D eigenvalue weighted by atomic mass is 10.00. The van der Waals surface area contributed by atoms with Crippen LogP contribution in [-0.4, -0.2) is 49.0 Å². The second-order valence-corrected chi connectivity index (χ2v) is 7.10. The van der Waals surface area contributed by atoms with Gasteiger partial charge in [0.25, 0.3) is 5.91 Å². The van der Waals surface area contributed by atoms with Gasteiger partial charge < -0.3 is 15.0 Å². The van der Waals surface area contributed by atoms with E-state index in [1.807, 2.05) is 13.8 Å². The molecular weight excluding hydrogens is 337 g/mol. The third-order valence-corrected chi connectivity index (χ3v) is 4.87. The average molecular weight is 357 g/mol. The smallest absolute Gasteiger partial charge is 0.270 e. The van der Waals surface area contributed by atoms with Crippen LogP contribution in [-0.2, 0) is 5.60 Å². The van der Waals surface area contributed by atoms with E-state index in [1.165, 1.54) is 12.1 Å². The molecule has 1 aliphatic heterocycles. The first-order valence-corrected chi connectivity index (χ1v) is 8.58. The standard InChI is InChI=1S/C18H20FN5O2/c1-11(2)24-9-16(21-22-24)18(26)5-6-23(10-18)17(25)15-7-12-3-4-13(19)8-14(12)20-15/h3-4,7-9,11,20,26H,5-6,10H2,1-2H3. The van der Waals surface area contributed by atoms with Crippen LogP contribution in [0.4, 0.5) is 4.39 Å². The summed E-state index contributed by atoms with van der Waals surface area (Å²) in [5.41, 5.74) is 0.213. The molecule has 4 rings (SSSR count). The molecule has 26 heavy (non-hydrogen) atoms. The van der Waals surface area contributed by atoms with E-state index >= 15 is 0 Å². The second-order valence-electron chi connectivity index (χ2n) is 7.10. The maximum absolute atomic E-state index is 13.3. The number of aromatic nitrogens is 4. The van der Waals surface area contributed by atoms with E-state index in [0.717, 1.165) is 5.39 Å². The summed E-state index contributed by atoms with van der Waals surface area (Å²) in [5, 5.41) is 19.8. The van der Waals surface area contributed by atoms with Crippen LogP contribution in [0.3, 0.4) is 0 Å². The van der Waals surface area contributed by atoms with Gasteiger partial charge >= 0.3 is 0 Å². The molecule has 0 saturated carbocycles. The van der Waals surface area contributed by atoms with Gasteiger partial charge in [0.2, 0.25) is 0 Å². The summed E-state index contributed by atoms with van der Waals surface area (Å²) < 4.78 is 15.0. The van der Waals surface area contributed by atoms with Gasteiger partial charge in [-0.25, -0.2) is 9.07 Å². The molecule has 136 valence electrons. The fourth-order valence-corrected chi connectivity index (χ4v) is 3.30. The minimum atomic E-state index is -1.21. The lowest BCUT2D eigenvalue weighted by Gasteiger charge is -2.20. The molecule has 1 atom stereocenters. The third-order valence-electron chi connectivity index (χ3n) is 4.87. The zero-order valence-electron chi connectivity index (χ0n) is 14.6. The van der Waals surface area contributed by atoms with Gasteiger partial charge in [-0.3, -0.25) is 4.79 Å². The zero-order valence-corrected chi connectivity index (χ0v) is 14.6. The van der Waals surface area contributed by atoms with Crippen LogP contribution in [0.15, 0.2) is 30.5 Å². The highest BCUT2D eigenvalue weighted by Gasteiger charge is 2.42. The van der Waals surface area contributed by atoms with Crippen LogP contribution in [0.25, 0.3) is 10.9 Å². The number of aromatic amines is 1. The third kappa shape index (κ3) is 2.76. The average Bonchev–Trinajstić information content (AvgIpc) is 3.31. The van der Waals surface area contributed by atoms with Gasteiger partial charge in [-0.15, -0.1) is 5.10 Å². The number of carbonyl (C=O) groups excluding carboxylic acids is 1. The normalized spacial score (nSPS) is 20.4. The van der Waals surface area contributed by atoms with Crippen molar-refractivity contribution in [2.45, 2.75) is 31.9 Å². The van der Waals surface area contributed by atoms with Crippen molar-refractivity contribution < 1.29 is 14.3 Å². The Morgan fingerprint density at radius 2 is 2.19 bits per heavy atom. The summed E-state index contributed by atoms with van der Waals surface area (Å²) in [7, 11) is 0. The molecule has 1 aliphatic rings. The number of fused-ring (bicyclic) bond motifs is 1. The van der Waals surface area contributed by atoms with Crippen molar-refractivity contribution in [2.75, 3.05) is 13.1 Å². The molecule has 2 aromatic heterocycles. The predicted molar refractivity (Wildman–Crippen MR) is 93.1 cm³/mol. The van der Waals surface area contributed by atoms with Gasteiger partial charge in [0.1, 0.15) is 22.8 Å². The van der Waals surface area contributed by atoms with Crippen LogP contribution in [0.2, 0.25) is 0 Å². The molecule has 0 radical (unpaired) electrons. The first-order valence-electron chi connectivity index (χ1n) is 8.58. The summed E-state index contributed by atoms with van der Waals surface area (Å²) in [6.45, 7) is 4.51. The molecular formula is C18H20FN5O2. The van der Waals surface area contributed by atoms with Gasteiger partial charge in [0.05, 0.1) is 12.7 Å². The largest absolute Gasteiger partial charge is 0.381 e. The fraction of sp³-hybridized carbons (Fsp3) is 0.389. The molecule has 1 fully saturated rings. The quantitative estimate of drug-likeness (QED) is 0.752. The van der Waals surface area contributed by atoms with E-state index in [1.54, 1.807) is 27.9 Å². The molecule has 0 bridgehead atoms. The Morgan fingerprint density at radius 1 is 1.38 bits per heavy atom. The van der Waals surface area contributed by atoms with Crippen LogP contribution in [0.5, 0.6) is 0 Å². The van der Waals surface area contributed by atoms with Crippen LogP contribution >= 0.6 is 0 Å². The van der Waals surface area contributed by atoms with E-state index in [4.69, 9.17) is 0 Å². The monoisotopic (exact) mass is 357 g/mol. The minimum Gasteiger partial charge on any atom is -0.381 e. The number of hydrogen-bond acceptors (Lipinski definition) is 4. The minimum absolute atomic E-state index is 0.144. The van der Waals surface area contributed by atoms with Gasteiger partial charge in [-0.2, -0.15) is 0 Å². The van der Waals surface area contributed by atoms with Gasteiger partial charge in [-0.1, -0.05) is 5.21 Å². The number of H-pyrrole nitrogens is 1. The fourth-order valence-electron chi connectivity index (χ4n) is 3.30. The Bertz CT molecular complexity index is 979. The van der Waals surface area contributed by atoms with E-state index in [2.05, 4.69) is 15.3 Å². The molecule has 1 aromatic carbocycles. The molecule has 7 nitrogen and oxygen atoms in total. The first-order chi connectivity index (χ1) is 12.4. The molecule has 0 spiro atoms. The molecule has 0 aliphatic carbocycles. The molecule has 3 heterocycles. The summed E-state index contributed by atoms with van der Waals surface area (Å²) in [4.78, 5) is 17.3. The van der Waals surface area contributed by atoms with Crippen molar-refractivity contribution in [1.29, 1.82) is 0 Å². The zero-order chi connectivity index (χ0) is 18.5. The Morgan fingerprint density at radius 3 is 2.92 bits per heavy atom. The lowest BCUT2D eigenvalue weighted by Crippen LogP contribution is -2.34. The lowest BCUT2D eigenvalue weighted by molar-refractivity contribution is 0.0380. The maximum Gasteiger partial charge on any atom is 0.270 e. The van der Waals surface area contributed by atoms with Crippen molar-refractivity contribution in [1.82, 2.24) is 24.9 Å². The van der Waals surface area contributed by atoms with Crippen molar-refractivity contribution in [2.24, 2.45) is 0 Å². The molecule has 1 unspecified atom stereocenters. The summed E-state index contributed by atoms with van der Waals surface area (Å²) in [5.74, 6) is -0.587. The van der Waals surface area contributed by atoms with Crippen molar-refractivity contribution in [3.8, 4) is 0 Å². The molecule has 1 amide bonds. The molecule has 2 N–H and O–H groups in total. The van der Waals surface area contributed by atoms with Crippen molar-refractivity contribution in [3.05, 3.63) is 47.7 Å². The number of halogens is 1. The van der Waals surface area contributed by atoms with Crippen LogP contribution < -0.4 is 0 Å². The van der Waals surface area contributed by atoms with Crippen LogP contribution in [0.1, 0.15) is 42.5 Å². The SMILES string of the molecule is CC(C)n1cc(C2(O)CCN(C(=O)c3cc4ccc(F)cc4[nH]3)C2)nn1. The Labute approximate surface area is 149 Å². The number of rotatable bonds is 3. The number of carbonyl (C=O) groups is 1. The Hall–Kier alpha value is -2.74. The molecule has 3 aromatic rings. The summed E-state index contributed by atoms with van der Waals surface area (Å²) in [6.07, 6.45) is 2.12. The molecule has 8 heteroatoms. The molecule has 1 saturated heterocycles. The number of likely N-dealkylation sites (tertiary alicyclic amines) is 1. The van der Waals surface area contributed by atoms with Gasteiger partial charge in [0.15, 0.2) is 0 Å². The second kappa shape index (κ2) is 5.91. The highest BCUT2D eigenvalue weighted by molar-refractivity contribution is 5.98. The van der Waals surface area contributed by atoms with Crippen LogP contribution in [0, 0.1) is 5.82 Å². The first kappa shape index (κ1) is 16.7. The number of benzene rings is 1. The highest BCUT2D eigenvalue weighted by Crippen LogP contribution is 2.32. The van der Waals surface area contributed by atoms with E-state index < -0.39 is 5.60 Å². The number of amides is 1. The number of β-amino-alcohol motifs (C(OH)–C–C–N with tert-alkyl or cyclic N) is 1. The van der Waals surface area contributed by atoms with Crippen molar-refractivity contribution in [3.63, 3.8) is 0 Å².